The molecule has 0 aliphatic carbocycles. The van der Waals surface area contributed by atoms with Crippen LogP contribution < -0.4 is 0 Å². The molecule has 2 heterocycles. The Bertz CT molecular complexity index is 568. The van der Waals surface area contributed by atoms with Crippen molar-refractivity contribution in [2.45, 2.75) is 18.9 Å². The molecular weight excluding hydrogens is 249 g/mol. The quantitative estimate of drug-likeness (QED) is 0.844. The molecule has 0 saturated carbocycles. The Hall–Kier alpha value is -2.24. The zero-order valence-corrected chi connectivity index (χ0v) is 10.1. The molecule has 0 N–H and O–H groups in total. The first-order chi connectivity index (χ1) is 9.22. The standard InChI is InChI=1S/C13H12FN3O2/c14-11-3-1-9(2-4-11)6-17-7-10(5-12(17)18)13-15-8-19-16-13/h1-4,8,10H,5-7H2. The normalized spacial score (nSPS) is 19.1. The smallest absolute Gasteiger partial charge is 0.223 e. The number of likely N-dealkylation sites (tertiary alicyclic amines) is 1. The summed E-state index contributed by atoms with van der Waals surface area (Å²) >= 11 is 0. The molecule has 1 aliphatic rings. The first kappa shape index (κ1) is 11.8. The van der Waals surface area contributed by atoms with Gasteiger partial charge in [-0.15, -0.1) is 0 Å². The van der Waals surface area contributed by atoms with Crippen LogP contribution in [0.4, 0.5) is 4.39 Å². The molecule has 1 atom stereocenters. The van der Waals surface area contributed by atoms with Crippen LogP contribution in [0.25, 0.3) is 0 Å². The molecule has 1 aromatic carbocycles. The number of aromatic nitrogens is 2. The van der Waals surface area contributed by atoms with Gasteiger partial charge < -0.3 is 9.42 Å². The largest absolute Gasteiger partial charge is 0.343 e. The van der Waals surface area contributed by atoms with Gasteiger partial charge in [0.2, 0.25) is 12.3 Å². The van der Waals surface area contributed by atoms with Crippen molar-refractivity contribution >= 4 is 5.91 Å². The van der Waals surface area contributed by atoms with Gasteiger partial charge in [-0.25, -0.2) is 4.39 Å². The Balaban J connectivity index is 1.69. The first-order valence-electron chi connectivity index (χ1n) is 6.01. The summed E-state index contributed by atoms with van der Waals surface area (Å²) in [6, 6.07) is 6.16. The Kier molecular flexibility index (Phi) is 2.98. The molecule has 1 fully saturated rings. The lowest BCUT2D eigenvalue weighted by Gasteiger charge is -2.16. The van der Waals surface area contributed by atoms with E-state index in [4.69, 9.17) is 4.52 Å². The summed E-state index contributed by atoms with van der Waals surface area (Å²) in [5, 5.41) is 3.77. The van der Waals surface area contributed by atoms with E-state index in [1.165, 1.54) is 18.5 Å². The fourth-order valence-corrected chi connectivity index (χ4v) is 2.27. The predicted molar refractivity (Wildman–Crippen MR) is 63.5 cm³/mol. The number of halogens is 1. The van der Waals surface area contributed by atoms with Gasteiger partial charge in [-0.3, -0.25) is 4.79 Å². The molecule has 3 rings (SSSR count). The fraction of sp³-hybridized carbons (Fsp3) is 0.308. The molecule has 98 valence electrons. The summed E-state index contributed by atoms with van der Waals surface area (Å²) in [6.45, 7) is 1.04. The van der Waals surface area contributed by atoms with Crippen molar-refractivity contribution in [3.8, 4) is 0 Å². The lowest BCUT2D eigenvalue weighted by atomic mass is 10.1. The molecule has 0 radical (unpaired) electrons. The SMILES string of the molecule is O=C1CC(c2ncon2)CN1Cc1ccc(F)cc1. The third kappa shape index (κ3) is 2.47. The van der Waals surface area contributed by atoms with Crippen molar-refractivity contribution in [1.82, 2.24) is 15.0 Å². The highest BCUT2D eigenvalue weighted by Crippen LogP contribution is 2.26. The van der Waals surface area contributed by atoms with Gasteiger partial charge in [-0.05, 0) is 17.7 Å². The van der Waals surface area contributed by atoms with Crippen molar-refractivity contribution in [3.05, 3.63) is 47.9 Å². The zero-order chi connectivity index (χ0) is 13.2. The number of amides is 1. The van der Waals surface area contributed by atoms with Gasteiger partial charge in [-0.2, -0.15) is 4.98 Å². The van der Waals surface area contributed by atoms with Gasteiger partial charge in [0.25, 0.3) is 0 Å². The van der Waals surface area contributed by atoms with Crippen LogP contribution in [0.1, 0.15) is 23.7 Å². The van der Waals surface area contributed by atoms with Crippen molar-refractivity contribution in [1.29, 1.82) is 0 Å². The van der Waals surface area contributed by atoms with Crippen LogP contribution in [0.15, 0.2) is 35.2 Å². The molecule has 1 aliphatic heterocycles. The van der Waals surface area contributed by atoms with Gasteiger partial charge in [0, 0.05) is 25.4 Å². The van der Waals surface area contributed by atoms with Gasteiger partial charge >= 0.3 is 0 Å². The van der Waals surface area contributed by atoms with Gasteiger partial charge in [-0.1, -0.05) is 17.3 Å². The average Bonchev–Trinajstić information content (AvgIpc) is 3.03. The van der Waals surface area contributed by atoms with E-state index >= 15 is 0 Å². The summed E-state index contributed by atoms with van der Waals surface area (Å²) in [4.78, 5) is 17.6. The van der Waals surface area contributed by atoms with E-state index in [-0.39, 0.29) is 17.6 Å². The minimum absolute atomic E-state index is 0.0216. The fourth-order valence-electron chi connectivity index (χ4n) is 2.27. The zero-order valence-electron chi connectivity index (χ0n) is 10.1. The summed E-state index contributed by atoms with van der Waals surface area (Å²) in [5.41, 5.74) is 0.906. The van der Waals surface area contributed by atoms with E-state index in [1.54, 1.807) is 17.0 Å². The Labute approximate surface area is 109 Å². The molecule has 1 unspecified atom stereocenters. The number of rotatable bonds is 3. The second-order valence-electron chi connectivity index (χ2n) is 4.59. The van der Waals surface area contributed by atoms with Crippen molar-refractivity contribution < 1.29 is 13.7 Å². The van der Waals surface area contributed by atoms with Crippen LogP contribution in [0.5, 0.6) is 0 Å². The minimum Gasteiger partial charge on any atom is -0.343 e. The molecule has 1 saturated heterocycles. The molecule has 1 aromatic heterocycles. The summed E-state index contributed by atoms with van der Waals surface area (Å²) < 4.78 is 17.5. The highest BCUT2D eigenvalue weighted by Gasteiger charge is 2.32. The molecule has 1 amide bonds. The van der Waals surface area contributed by atoms with Crippen LogP contribution >= 0.6 is 0 Å². The maximum absolute atomic E-state index is 12.8. The monoisotopic (exact) mass is 261 g/mol. The molecule has 19 heavy (non-hydrogen) atoms. The van der Waals surface area contributed by atoms with E-state index in [2.05, 4.69) is 10.1 Å². The number of carbonyl (C=O) groups is 1. The number of hydrogen-bond donors (Lipinski definition) is 0. The number of hydrogen-bond acceptors (Lipinski definition) is 4. The molecular formula is C13H12FN3O2. The van der Waals surface area contributed by atoms with E-state index < -0.39 is 0 Å². The van der Waals surface area contributed by atoms with Crippen LogP contribution in [0, 0.1) is 5.82 Å². The van der Waals surface area contributed by atoms with Crippen LogP contribution in [-0.2, 0) is 11.3 Å². The van der Waals surface area contributed by atoms with Crippen molar-refractivity contribution in [2.75, 3.05) is 6.54 Å². The molecule has 5 nitrogen and oxygen atoms in total. The highest BCUT2D eigenvalue weighted by molar-refractivity contribution is 5.79. The summed E-state index contributed by atoms with van der Waals surface area (Å²) in [5.74, 6) is 0.321. The molecule has 6 heteroatoms. The minimum atomic E-state index is -0.277. The number of benzene rings is 1. The van der Waals surface area contributed by atoms with Gasteiger partial charge in [0.15, 0.2) is 5.82 Å². The van der Waals surface area contributed by atoms with E-state index in [9.17, 15) is 9.18 Å². The van der Waals surface area contributed by atoms with Crippen molar-refractivity contribution in [2.24, 2.45) is 0 Å². The maximum Gasteiger partial charge on any atom is 0.223 e. The van der Waals surface area contributed by atoms with Crippen molar-refractivity contribution in [3.63, 3.8) is 0 Å². The number of nitrogens with zero attached hydrogens (tertiary/aromatic N) is 3. The second kappa shape index (κ2) is 4.79. The van der Waals surface area contributed by atoms with Gasteiger partial charge in [0.05, 0.1) is 0 Å². The van der Waals surface area contributed by atoms with E-state index in [0.29, 0.717) is 25.3 Å². The highest BCUT2D eigenvalue weighted by atomic mass is 19.1. The third-order valence-electron chi connectivity index (χ3n) is 3.24. The molecule has 0 bridgehead atoms. The van der Waals surface area contributed by atoms with E-state index in [0.717, 1.165) is 5.56 Å². The second-order valence-corrected chi connectivity index (χ2v) is 4.59. The average molecular weight is 261 g/mol. The lowest BCUT2D eigenvalue weighted by Crippen LogP contribution is -2.24. The van der Waals surface area contributed by atoms with Gasteiger partial charge in [0.1, 0.15) is 5.82 Å². The Morgan fingerprint density at radius 1 is 1.37 bits per heavy atom. The molecule has 2 aromatic rings. The Morgan fingerprint density at radius 2 is 2.16 bits per heavy atom. The van der Waals surface area contributed by atoms with Crippen LogP contribution in [-0.4, -0.2) is 27.5 Å². The maximum atomic E-state index is 12.8. The number of carbonyl (C=O) groups excluding carboxylic acids is 1. The van der Waals surface area contributed by atoms with Crippen LogP contribution in [0.3, 0.4) is 0 Å². The molecule has 0 spiro atoms. The third-order valence-corrected chi connectivity index (χ3v) is 3.24. The summed E-state index contributed by atoms with van der Waals surface area (Å²) in [7, 11) is 0. The predicted octanol–water partition coefficient (Wildman–Crippen LogP) is 1.72. The lowest BCUT2D eigenvalue weighted by molar-refractivity contribution is -0.128. The Morgan fingerprint density at radius 3 is 2.84 bits per heavy atom. The first-order valence-corrected chi connectivity index (χ1v) is 6.01. The van der Waals surface area contributed by atoms with E-state index in [1.807, 2.05) is 0 Å². The van der Waals surface area contributed by atoms with Crippen LogP contribution in [0.2, 0.25) is 0 Å². The topological polar surface area (TPSA) is 59.2 Å². The summed E-state index contributed by atoms with van der Waals surface area (Å²) in [6.07, 6.45) is 1.66.